The number of methoxy groups -OCH3 is 1. The summed E-state index contributed by atoms with van der Waals surface area (Å²) in [4.78, 5) is 33.8. The van der Waals surface area contributed by atoms with Crippen molar-refractivity contribution < 1.29 is 14.3 Å². The Kier molecular flexibility index (Phi) is 7.25. The van der Waals surface area contributed by atoms with Gasteiger partial charge < -0.3 is 14.5 Å². The normalized spacial score (nSPS) is 21.3. The fourth-order valence-electron chi connectivity index (χ4n) is 4.49. The molecule has 2 saturated heterocycles. The van der Waals surface area contributed by atoms with E-state index in [9.17, 15) is 9.59 Å². The molecule has 3 fully saturated rings. The van der Waals surface area contributed by atoms with Gasteiger partial charge in [-0.25, -0.2) is 0 Å². The van der Waals surface area contributed by atoms with E-state index in [4.69, 9.17) is 4.74 Å². The fraction of sp³-hybridized carbons (Fsp3) is 0.583. The number of benzene rings is 1. The van der Waals surface area contributed by atoms with E-state index in [1.54, 1.807) is 13.2 Å². The molecule has 2 aliphatic heterocycles. The maximum atomic E-state index is 12.7. The molecule has 1 aromatic carbocycles. The van der Waals surface area contributed by atoms with Crippen molar-refractivity contribution in [1.82, 2.24) is 19.6 Å². The van der Waals surface area contributed by atoms with Gasteiger partial charge in [0.25, 0.3) is 0 Å². The molecule has 0 atom stereocenters. The summed E-state index contributed by atoms with van der Waals surface area (Å²) in [5.41, 5.74) is 0.968. The molecule has 168 valence electrons. The highest BCUT2D eigenvalue weighted by atomic mass is 16.5. The Morgan fingerprint density at radius 2 is 1.58 bits per heavy atom. The van der Waals surface area contributed by atoms with Crippen LogP contribution in [0.15, 0.2) is 30.3 Å². The van der Waals surface area contributed by atoms with Crippen LogP contribution in [0, 0.1) is 0 Å². The topological polar surface area (TPSA) is 56.3 Å². The van der Waals surface area contributed by atoms with Gasteiger partial charge in [-0.2, -0.15) is 0 Å². The van der Waals surface area contributed by atoms with Gasteiger partial charge in [0, 0.05) is 64.5 Å². The Balaban J connectivity index is 1.17. The SMILES string of the molecule is COc1ccc(C=CC(=O)N2CCN(CC(=O)N3CCN(C4CCC4)CC3)CC2)cc1. The molecule has 1 saturated carbocycles. The Hall–Kier alpha value is -2.38. The van der Waals surface area contributed by atoms with Crippen molar-refractivity contribution in [2.24, 2.45) is 0 Å². The van der Waals surface area contributed by atoms with E-state index < -0.39 is 0 Å². The zero-order chi connectivity index (χ0) is 21.6. The van der Waals surface area contributed by atoms with Gasteiger partial charge in [0.1, 0.15) is 5.75 Å². The Morgan fingerprint density at radius 1 is 0.935 bits per heavy atom. The summed E-state index contributed by atoms with van der Waals surface area (Å²) < 4.78 is 5.15. The van der Waals surface area contributed by atoms with Gasteiger partial charge in [0.15, 0.2) is 0 Å². The lowest BCUT2D eigenvalue weighted by Gasteiger charge is -2.43. The molecule has 0 bridgehead atoms. The number of rotatable bonds is 6. The first-order valence-electron chi connectivity index (χ1n) is 11.5. The maximum absolute atomic E-state index is 12.7. The van der Waals surface area contributed by atoms with Gasteiger partial charge in [-0.05, 0) is 36.6 Å². The Labute approximate surface area is 185 Å². The fourth-order valence-corrected chi connectivity index (χ4v) is 4.49. The van der Waals surface area contributed by atoms with Gasteiger partial charge in [-0.3, -0.25) is 19.4 Å². The highest BCUT2D eigenvalue weighted by molar-refractivity contribution is 5.91. The molecule has 0 radical (unpaired) electrons. The maximum Gasteiger partial charge on any atom is 0.246 e. The third-order valence-corrected chi connectivity index (χ3v) is 6.84. The molecular weight excluding hydrogens is 392 g/mol. The number of piperazine rings is 2. The highest BCUT2D eigenvalue weighted by Gasteiger charge is 2.30. The van der Waals surface area contributed by atoms with Gasteiger partial charge in [-0.15, -0.1) is 0 Å². The molecule has 0 unspecified atom stereocenters. The van der Waals surface area contributed by atoms with E-state index in [0.717, 1.165) is 56.6 Å². The molecule has 0 spiro atoms. The second-order valence-electron chi connectivity index (χ2n) is 8.71. The zero-order valence-corrected chi connectivity index (χ0v) is 18.5. The second kappa shape index (κ2) is 10.3. The van der Waals surface area contributed by atoms with Gasteiger partial charge in [0.05, 0.1) is 13.7 Å². The second-order valence-corrected chi connectivity index (χ2v) is 8.71. The van der Waals surface area contributed by atoms with Gasteiger partial charge in [0.2, 0.25) is 11.8 Å². The first-order valence-corrected chi connectivity index (χ1v) is 11.5. The summed E-state index contributed by atoms with van der Waals surface area (Å²) in [6.45, 7) is 7.01. The Morgan fingerprint density at radius 3 is 2.16 bits per heavy atom. The molecular formula is C24H34N4O3. The number of carbonyl (C=O) groups is 2. The van der Waals surface area contributed by atoms with E-state index >= 15 is 0 Å². The molecule has 1 aromatic rings. The third kappa shape index (κ3) is 5.66. The van der Waals surface area contributed by atoms with Crippen molar-refractivity contribution in [3.05, 3.63) is 35.9 Å². The lowest BCUT2D eigenvalue weighted by atomic mass is 9.91. The number of nitrogens with zero attached hydrogens (tertiary/aromatic N) is 4. The van der Waals surface area contributed by atoms with Crippen LogP contribution in [-0.2, 0) is 9.59 Å². The molecule has 1 aliphatic carbocycles. The predicted molar refractivity (Wildman–Crippen MR) is 121 cm³/mol. The number of hydrogen-bond donors (Lipinski definition) is 0. The van der Waals surface area contributed by atoms with Crippen molar-refractivity contribution in [1.29, 1.82) is 0 Å². The summed E-state index contributed by atoms with van der Waals surface area (Å²) in [6, 6.07) is 8.39. The van der Waals surface area contributed by atoms with Crippen LogP contribution >= 0.6 is 0 Å². The lowest BCUT2D eigenvalue weighted by molar-refractivity contribution is -0.135. The summed E-state index contributed by atoms with van der Waals surface area (Å²) in [5.74, 6) is 1.05. The van der Waals surface area contributed by atoms with Crippen LogP contribution in [0.25, 0.3) is 6.08 Å². The van der Waals surface area contributed by atoms with Crippen LogP contribution in [0.5, 0.6) is 5.75 Å². The quantitative estimate of drug-likeness (QED) is 0.646. The third-order valence-electron chi connectivity index (χ3n) is 6.84. The minimum Gasteiger partial charge on any atom is -0.497 e. The molecule has 2 amide bonds. The van der Waals surface area contributed by atoms with E-state index in [2.05, 4.69) is 9.80 Å². The molecule has 3 aliphatic rings. The first-order chi connectivity index (χ1) is 15.1. The van der Waals surface area contributed by atoms with E-state index in [1.807, 2.05) is 40.1 Å². The smallest absolute Gasteiger partial charge is 0.246 e. The van der Waals surface area contributed by atoms with Crippen LogP contribution < -0.4 is 4.74 Å². The van der Waals surface area contributed by atoms with E-state index in [-0.39, 0.29) is 11.8 Å². The predicted octanol–water partition coefficient (Wildman–Crippen LogP) is 1.55. The summed E-state index contributed by atoms with van der Waals surface area (Å²) in [7, 11) is 1.64. The minimum absolute atomic E-state index is 0.0221. The zero-order valence-electron chi connectivity index (χ0n) is 18.5. The largest absolute Gasteiger partial charge is 0.497 e. The van der Waals surface area contributed by atoms with E-state index in [0.29, 0.717) is 19.6 Å². The number of ether oxygens (including phenoxy) is 1. The van der Waals surface area contributed by atoms with Crippen LogP contribution in [0.4, 0.5) is 0 Å². The molecule has 31 heavy (non-hydrogen) atoms. The Bertz CT molecular complexity index is 775. The number of amides is 2. The molecule has 0 N–H and O–H groups in total. The van der Waals surface area contributed by atoms with Crippen LogP contribution in [0.1, 0.15) is 24.8 Å². The molecule has 2 heterocycles. The summed E-state index contributed by atoms with van der Waals surface area (Å²) in [6.07, 6.45) is 7.47. The first kappa shape index (κ1) is 21.8. The van der Waals surface area contributed by atoms with Crippen molar-refractivity contribution in [2.45, 2.75) is 25.3 Å². The average Bonchev–Trinajstić information content (AvgIpc) is 2.77. The van der Waals surface area contributed by atoms with Crippen molar-refractivity contribution in [3.63, 3.8) is 0 Å². The number of carbonyl (C=O) groups excluding carboxylic acids is 2. The van der Waals surface area contributed by atoms with Crippen molar-refractivity contribution in [3.8, 4) is 5.75 Å². The van der Waals surface area contributed by atoms with Gasteiger partial charge in [-0.1, -0.05) is 18.6 Å². The van der Waals surface area contributed by atoms with Crippen LogP contribution in [0.3, 0.4) is 0 Å². The lowest BCUT2D eigenvalue weighted by Crippen LogP contribution is -2.56. The van der Waals surface area contributed by atoms with Crippen molar-refractivity contribution in [2.75, 3.05) is 66.0 Å². The van der Waals surface area contributed by atoms with Crippen LogP contribution in [0.2, 0.25) is 0 Å². The van der Waals surface area contributed by atoms with Gasteiger partial charge >= 0.3 is 0 Å². The molecule has 0 aromatic heterocycles. The highest BCUT2D eigenvalue weighted by Crippen LogP contribution is 2.25. The monoisotopic (exact) mass is 426 g/mol. The van der Waals surface area contributed by atoms with Crippen molar-refractivity contribution >= 4 is 17.9 Å². The standard InChI is InChI=1S/C24H34N4O3/c1-31-22-8-5-20(6-9-22)7-10-23(29)27-13-11-25(12-14-27)19-24(30)28-17-15-26(16-18-28)21-3-2-4-21/h5-10,21H,2-4,11-19H2,1H3. The minimum atomic E-state index is 0.0221. The summed E-state index contributed by atoms with van der Waals surface area (Å²) in [5, 5.41) is 0. The molecule has 7 heteroatoms. The summed E-state index contributed by atoms with van der Waals surface area (Å²) >= 11 is 0. The molecule has 7 nitrogen and oxygen atoms in total. The van der Waals surface area contributed by atoms with Crippen LogP contribution in [-0.4, -0.2) is 103 Å². The molecule has 4 rings (SSSR count). The number of hydrogen-bond acceptors (Lipinski definition) is 5. The average molecular weight is 427 g/mol. The van der Waals surface area contributed by atoms with E-state index in [1.165, 1.54) is 19.3 Å².